The first-order valence-electron chi connectivity index (χ1n) is 6.21. The third-order valence-electron chi connectivity index (χ3n) is 2.76. The van der Waals surface area contributed by atoms with E-state index in [0.717, 1.165) is 11.1 Å². The second-order valence-electron chi connectivity index (χ2n) is 4.17. The number of fused-ring (bicyclic) bond motifs is 1. The normalized spacial score (nSPS) is 10.6. The first kappa shape index (κ1) is 12.3. The molecule has 6 heteroatoms. The molecule has 0 fully saturated rings. The zero-order valence-corrected chi connectivity index (χ0v) is 10.6. The van der Waals surface area contributed by atoms with Crippen LogP contribution in [0.1, 0.15) is 16.4 Å². The Hall–Kier alpha value is -2.76. The summed E-state index contributed by atoms with van der Waals surface area (Å²) >= 11 is 0. The second kappa shape index (κ2) is 5.48. The number of aromatic nitrogens is 3. The van der Waals surface area contributed by atoms with Gasteiger partial charge < -0.3 is 9.73 Å². The van der Waals surface area contributed by atoms with Crippen LogP contribution in [-0.2, 0) is 6.42 Å². The summed E-state index contributed by atoms with van der Waals surface area (Å²) in [6, 6.07) is 7.56. The third kappa shape index (κ3) is 2.64. The molecule has 0 bridgehead atoms. The molecule has 0 spiro atoms. The van der Waals surface area contributed by atoms with Crippen LogP contribution < -0.4 is 5.32 Å². The van der Waals surface area contributed by atoms with E-state index in [1.807, 2.05) is 24.3 Å². The summed E-state index contributed by atoms with van der Waals surface area (Å²) in [5, 5.41) is 2.75. The van der Waals surface area contributed by atoms with Gasteiger partial charge in [-0.1, -0.05) is 12.1 Å². The Morgan fingerprint density at radius 2 is 2.15 bits per heavy atom. The van der Waals surface area contributed by atoms with Crippen molar-refractivity contribution in [1.82, 2.24) is 20.3 Å². The van der Waals surface area contributed by atoms with E-state index in [-0.39, 0.29) is 5.91 Å². The summed E-state index contributed by atoms with van der Waals surface area (Å²) in [6.07, 6.45) is 4.96. The average molecular weight is 268 g/mol. The number of hydrogen-bond acceptors (Lipinski definition) is 5. The molecule has 0 saturated heterocycles. The van der Waals surface area contributed by atoms with Gasteiger partial charge in [0, 0.05) is 25.4 Å². The molecule has 0 radical (unpaired) electrons. The molecule has 100 valence electrons. The van der Waals surface area contributed by atoms with E-state index in [1.54, 1.807) is 0 Å². The van der Waals surface area contributed by atoms with E-state index in [2.05, 4.69) is 20.3 Å². The predicted octanol–water partition coefficient (Wildman–Crippen LogP) is 1.59. The van der Waals surface area contributed by atoms with Gasteiger partial charge >= 0.3 is 0 Å². The maximum atomic E-state index is 11.7. The zero-order chi connectivity index (χ0) is 13.8. The van der Waals surface area contributed by atoms with Gasteiger partial charge in [-0.15, -0.1) is 0 Å². The first-order chi connectivity index (χ1) is 9.83. The molecule has 6 nitrogen and oxygen atoms in total. The maximum Gasteiger partial charge on any atom is 0.271 e. The highest BCUT2D eigenvalue weighted by molar-refractivity contribution is 5.91. The minimum absolute atomic E-state index is 0.255. The van der Waals surface area contributed by atoms with Crippen molar-refractivity contribution in [3.8, 4) is 0 Å². The van der Waals surface area contributed by atoms with Gasteiger partial charge in [0.25, 0.3) is 5.91 Å². The van der Waals surface area contributed by atoms with Crippen LogP contribution in [0.15, 0.2) is 47.3 Å². The maximum absolute atomic E-state index is 11.7. The number of para-hydroxylation sites is 2. The number of nitrogens with zero attached hydrogens (tertiary/aromatic N) is 3. The van der Waals surface area contributed by atoms with Gasteiger partial charge in [-0.05, 0) is 12.1 Å². The smallest absolute Gasteiger partial charge is 0.271 e. The lowest BCUT2D eigenvalue weighted by atomic mass is 10.3. The van der Waals surface area contributed by atoms with Gasteiger partial charge in [0.2, 0.25) is 0 Å². The monoisotopic (exact) mass is 268 g/mol. The Kier molecular flexibility index (Phi) is 3.36. The zero-order valence-electron chi connectivity index (χ0n) is 10.6. The average Bonchev–Trinajstić information content (AvgIpc) is 2.90. The molecule has 3 rings (SSSR count). The fourth-order valence-electron chi connectivity index (χ4n) is 1.82. The molecular formula is C14H12N4O2. The number of carbonyl (C=O) groups excluding carboxylic acids is 1. The quantitative estimate of drug-likeness (QED) is 0.777. The van der Waals surface area contributed by atoms with Crippen molar-refractivity contribution < 1.29 is 9.21 Å². The summed E-state index contributed by atoms with van der Waals surface area (Å²) in [4.78, 5) is 23.9. The number of hydrogen-bond donors (Lipinski definition) is 1. The van der Waals surface area contributed by atoms with Gasteiger partial charge in [-0.2, -0.15) is 0 Å². The van der Waals surface area contributed by atoms with E-state index in [1.165, 1.54) is 18.6 Å². The summed E-state index contributed by atoms with van der Waals surface area (Å²) in [7, 11) is 0. The van der Waals surface area contributed by atoms with Gasteiger partial charge in [0.15, 0.2) is 11.5 Å². The van der Waals surface area contributed by atoms with Crippen LogP contribution in [0.25, 0.3) is 11.1 Å². The fourth-order valence-corrected chi connectivity index (χ4v) is 1.82. The summed E-state index contributed by atoms with van der Waals surface area (Å²) in [6.45, 7) is 0.433. The van der Waals surface area contributed by atoms with Crippen LogP contribution in [0.3, 0.4) is 0 Å². The Balaban J connectivity index is 1.58. The van der Waals surface area contributed by atoms with Gasteiger partial charge in [0.1, 0.15) is 11.2 Å². The van der Waals surface area contributed by atoms with E-state index in [9.17, 15) is 4.79 Å². The van der Waals surface area contributed by atoms with Crippen LogP contribution in [0.4, 0.5) is 0 Å². The fraction of sp³-hybridized carbons (Fsp3) is 0.143. The Labute approximate surface area is 114 Å². The summed E-state index contributed by atoms with van der Waals surface area (Å²) in [5.41, 5.74) is 1.87. The number of benzene rings is 1. The van der Waals surface area contributed by atoms with Gasteiger partial charge in [0.05, 0.1) is 6.20 Å². The lowest BCUT2D eigenvalue weighted by Gasteiger charge is -2.01. The molecule has 0 unspecified atom stereocenters. The highest BCUT2D eigenvalue weighted by Crippen LogP contribution is 2.14. The summed E-state index contributed by atoms with van der Waals surface area (Å²) in [5.74, 6) is 0.347. The van der Waals surface area contributed by atoms with Crippen molar-refractivity contribution in [1.29, 1.82) is 0 Å². The van der Waals surface area contributed by atoms with Gasteiger partial charge in [-0.25, -0.2) is 9.97 Å². The number of nitrogens with one attached hydrogen (secondary N) is 1. The molecule has 1 amide bonds. The molecule has 0 aliphatic rings. The molecule has 1 N–H and O–H groups in total. The van der Waals surface area contributed by atoms with Gasteiger partial charge in [-0.3, -0.25) is 9.78 Å². The van der Waals surface area contributed by atoms with E-state index in [4.69, 9.17) is 4.42 Å². The number of amides is 1. The number of carbonyl (C=O) groups is 1. The molecule has 0 aliphatic carbocycles. The summed E-state index contributed by atoms with van der Waals surface area (Å²) < 4.78 is 5.57. The Bertz CT molecular complexity index is 691. The van der Waals surface area contributed by atoms with Crippen molar-refractivity contribution >= 4 is 17.0 Å². The third-order valence-corrected chi connectivity index (χ3v) is 2.76. The van der Waals surface area contributed by atoms with Crippen molar-refractivity contribution in [2.24, 2.45) is 0 Å². The van der Waals surface area contributed by atoms with E-state index >= 15 is 0 Å². The lowest BCUT2D eigenvalue weighted by molar-refractivity contribution is 0.0948. The number of rotatable bonds is 4. The molecule has 1 aromatic carbocycles. The molecule has 2 aromatic heterocycles. The van der Waals surface area contributed by atoms with Crippen molar-refractivity contribution in [2.75, 3.05) is 6.54 Å². The first-order valence-corrected chi connectivity index (χ1v) is 6.21. The molecule has 2 heterocycles. The van der Waals surface area contributed by atoms with Crippen molar-refractivity contribution in [3.63, 3.8) is 0 Å². The number of oxazole rings is 1. The molecule has 0 aliphatic heterocycles. The highest BCUT2D eigenvalue weighted by atomic mass is 16.3. The predicted molar refractivity (Wildman–Crippen MR) is 72.1 cm³/mol. The molecule has 3 aromatic rings. The second-order valence-corrected chi connectivity index (χ2v) is 4.17. The van der Waals surface area contributed by atoms with Crippen molar-refractivity contribution in [2.45, 2.75) is 6.42 Å². The largest absolute Gasteiger partial charge is 0.441 e. The highest BCUT2D eigenvalue weighted by Gasteiger charge is 2.08. The van der Waals surface area contributed by atoms with Crippen LogP contribution in [0, 0.1) is 0 Å². The van der Waals surface area contributed by atoms with Crippen molar-refractivity contribution in [3.05, 3.63) is 54.4 Å². The van der Waals surface area contributed by atoms with Crippen LogP contribution in [-0.4, -0.2) is 27.4 Å². The Morgan fingerprint density at radius 1 is 1.25 bits per heavy atom. The lowest BCUT2D eigenvalue weighted by Crippen LogP contribution is -2.26. The topological polar surface area (TPSA) is 80.9 Å². The minimum Gasteiger partial charge on any atom is -0.441 e. The molecule has 0 atom stereocenters. The van der Waals surface area contributed by atoms with Crippen LogP contribution >= 0.6 is 0 Å². The standard InChI is InChI=1S/C14H12N4O2/c19-14(11-9-15-7-8-16-11)17-6-5-13-18-10-3-1-2-4-12(10)20-13/h1-4,7-9H,5-6H2,(H,17,19). The Morgan fingerprint density at radius 3 is 2.95 bits per heavy atom. The van der Waals surface area contributed by atoms with E-state index in [0.29, 0.717) is 24.6 Å². The molecular weight excluding hydrogens is 256 g/mol. The molecule has 20 heavy (non-hydrogen) atoms. The van der Waals surface area contributed by atoms with Crippen LogP contribution in [0.5, 0.6) is 0 Å². The van der Waals surface area contributed by atoms with E-state index < -0.39 is 0 Å². The molecule has 0 saturated carbocycles. The minimum atomic E-state index is -0.255. The SMILES string of the molecule is O=C(NCCc1nc2ccccc2o1)c1cnccn1. The van der Waals surface area contributed by atoms with Crippen LogP contribution in [0.2, 0.25) is 0 Å².